The number of allylic oxidation sites excluding steroid dienone is 2. The second kappa shape index (κ2) is 16.6. The van der Waals surface area contributed by atoms with Gasteiger partial charge in [-0.2, -0.15) is 0 Å². The SMILES string of the molecule is CCCCCCC1=C(c2cccc(CCCC)c2)[N+](=[N-])C(c2cccc(CCCC)c2)=C1.[CH3][Ni][CH3]. The molecule has 0 saturated carbocycles. The van der Waals surface area contributed by atoms with E-state index in [1.54, 1.807) is 14.4 Å². The summed E-state index contributed by atoms with van der Waals surface area (Å²) < 4.78 is 1.45. The summed E-state index contributed by atoms with van der Waals surface area (Å²) in [6, 6.07) is 17.5. The van der Waals surface area contributed by atoms with Crippen molar-refractivity contribution in [3.05, 3.63) is 88.0 Å². The zero-order valence-corrected chi connectivity index (χ0v) is 23.7. The van der Waals surface area contributed by atoms with Crippen LogP contribution in [-0.2, 0) is 27.3 Å². The fourth-order valence-corrected chi connectivity index (χ4v) is 4.52. The summed E-state index contributed by atoms with van der Waals surface area (Å²) in [5.41, 5.74) is 19.4. The predicted molar refractivity (Wildman–Crippen MR) is 149 cm³/mol. The van der Waals surface area contributed by atoms with Crippen molar-refractivity contribution in [2.45, 2.75) is 103 Å². The van der Waals surface area contributed by atoms with Gasteiger partial charge in [-0.3, -0.25) is 0 Å². The molecule has 0 aliphatic carbocycles. The third kappa shape index (κ3) is 9.19. The Kier molecular flexibility index (Phi) is 13.9. The molecule has 0 bridgehead atoms. The van der Waals surface area contributed by atoms with Gasteiger partial charge in [0, 0.05) is 22.8 Å². The van der Waals surface area contributed by atoms with E-state index in [4.69, 9.17) is 0 Å². The Morgan fingerprint density at radius 1 is 0.686 bits per heavy atom. The molecular weight excluding hydrogens is 471 g/mol. The monoisotopic (exact) mass is 516 g/mol. The van der Waals surface area contributed by atoms with Crippen LogP contribution in [0, 0.1) is 0 Å². The number of unbranched alkanes of at least 4 members (excludes halogenated alkanes) is 5. The average molecular weight is 517 g/mol. The third-order valence-electron chi connectivity index (χ3n) is 6.42. The number of hydrogen-bond donors (Lipinski definition) is 0. The van der Waals surface area contributed by atoms with Gasteiger partial charge >= 0.3 is 26.2 Å². The van der Waals surface area contributed by atoms with Gasteiger partial charge in [-0.15, -0.1) is 0 Å². The van der Waals surface area contributed by atoms with Gasteiger partial charge in [0.25, 0.3) is 0 Å². The first kappa shape index (κ1) is 29.2. The molecule has 0 aromatic heterocycles. The molecule has 3 rings (SSSR count). The van der Waals surface area contributed by atoms with E-state index in [0.29, 0.717) is 0 Å². The van der Waals surface area contributed by atoms with Gasteiger partial charge in [0.2, 0.25) is 11.4 Å². The Morgan fingerprint density at radius 2 is 1.23 bits per heavy atom. The van der Waals surface area contributed by atoms with E-state index in [-0.39, 0.29) is 0 Å². The van der Waals surface area contributed by atoms with Gasteiger partial charge in [-0.25, -0.2) is 4.70 Å². The van der Waals surface area contributed by atoms with Gasteiger partial charge in [0.15, 0.2) is 0 Å². The van der Waals surface area contributed by atoms with Gasteiger partial charge < -0.3 is 5.53 Å². The molecular formula is C32H46N2Ni. The Balaban J connectivity index is 0.00000137. The molecule has 2 aromatic carbocycles. The van der Waals surface area contributed by atoms with Crippen molar-refractivity contribution >= 4 is 11.4 Å². The molecule has 194 valence electrons. The first-order valence-corrected chi connectivity index (χ1v) is 15.4. The summed E-state index contributed by atoms with van der Waals surface area (Å²) >= 11 is 1.62. The van der Waals surface area contributed by atoms with Crippen LogP contribution >= 0.6 is 0 Å². The molecule has 0 radical (unpaired) electrons. The van der Waals surface area contributed by atoms with E-state index in [1.165, 1.54) is 66.3 Å². The quantitative estimate of drug-likeness (QED) is 0.144. The van der Waals surface area contributed by atoms with E-state index in [1.807, 2.05) is 0 Å². The Labute approximate surface area is 221 Å². The van der Waals surface area contributed by atoms with Crippen LogP contribution < -0.4 is 0 Å². The third-order valence-corrected chi connectivity index (χ3v) is 6.42. The first-order chi connectivity index (χ1) is 17.1. The van der Waals surface area contributed by atoms with Crippen LogP contribution in [0.5, 0.6) is 0 Å². The van der Waals surface area contributed by atoms with Gasteiger partial charge in [-0.1, -0.05) is 77.1 Å². The molecule has 2 nitrogen and oxygen atoms in total. The molecule has 0 saturated heterocycles. The van der Waals surface area contributed by atoms with Crippen molar-refractivity contribution in [2.75, 3.05) is 0 Å². The fourth-order valence-electron chi connectivity index (χ4n) is 4.52. The maximum atomic E-state index is 11.4. The molecule has 0 spiro atoms. The molecule has 1 heterocycles. The number of rotatable bonds is 13. The topological polar surface area (TPSA) is 25.3 Å². The van der Waals surface area contributed by atoms with Crippen LogP contribution in [-0.4, -0.2) is 4.70 Å². The van der Waals surface area contributed by atoms with Crippen LogP contribution in [0.1, 0.15) is 101 Å². The van der Waals surface area contributed by atoms with Crippen molar-refractivity contribution in [3.63, 3.8) is 0 Å². The zero-order chi connectivity index (χ0) is 25.5. The van der Waals surface area contributed by atoms with E-state index >= 15 is 0 Å². The minimum absolute atomic E-state index is 0.905. The molecule has 0 N–H and O–H groups in total. The normalized spacial score (nSPS) is 13.2. The molecule has 0 fully saturated rings. The molecule has 1 aliphatic rings. The Morgan fingerprint density at radius 3 is 1.80 bits per heavy atom. The molecule has 0 amide bonds. The number of nitrogens with zero attached hydrogens (tertiary/aromatic N) is 2. The average Bonchev–Trinajstić information content (AvgIpc) is 3.20. The van der Waals surface area contributed by atoms with Crippen molar-refractivity contribution < 1.29 is 19.1 Å². The Hall–Kier alpha value is -1.99. The summed E-state index contributed by atoms with van der Waals surface area (Å²) in [5.74, 6) is 4.12. The molecule has 1 aliphatic heterocycles. The minimum atomic E-state index is 0.905. The first-order valence-electron chi connectivity index (χ1n) is 13.4. The maximum absolute atomic E-state index is 11.4. The summed E-state index contributed by atoms with van der Waals surface area (Å²) in [4.78, 5) is 0. The van der Waals surface area contributed by atoms with Crippen LogP contribution in [0.3, 0.4) is 0 Å². The summed E-state index contributed by atoms with van der Waals surface area (Å²) in [7, 11) is 0. The number of benzene rings is 2. The second-order valence-corrected chi connectivity index (χ2v) is 10.4. The predicted octanol–water partition coefficient (Wildman–Crippen LogP) is 10.3. The van der Waals surface area contributed by atoms with Crippen molar-refractivity contribution in [1.29, 1.82) is 0 Å². The van der Waals surface area contributed by atoms with Gasteiger partial charge in [0.1, 0.15) is 0 Å². The van der Waals surface area contributed by atoms with Crippen molar-refractivity contribution in [2.24, 2.45) is 0 Å². The van der Waals surface area contributed by atoms with E-state index in [0.717, 1.165) is 48.2 Å². The number of aryl methyl sites for hydroxylation is 2. The van der Waals surface area contributed by atoms with Gasteiger partial charge in [0.05, 0.1) is 0 Å². The standard InChI is InChI=1S/C30H40N2.2CH3.Ni/c1-4-7-10-11-18-28-23-29(26-19-12-16-24(21-26)14-8-5-2)32(31)30(28)27-20-13-17-25(22-27)15-9-6-3;;;/h12-13,16-17,19-23H,4-11,14-15,18H2,1-3H3;2*1H3;. The molecule has 2 aromatic rings. The zero-order valence-electron chi connectivity index (χ0n) is 22.7. The molecule has 0 unspecified atom stereocenters. The molecule has 35 heavy (non-hydrogen) atoms. The van der Waals surface area contributed by atoms with Crippen molar-refractivity contribution in [1.82, 2.24) is 0 Å². The fraction of sp³-hybridized carbons (Fsp3) is 0.500. The van der Waals surface area contributed by atoms with Crippen LogP contribution in [0.25, 0.3) is 16.9 Å². The van der Waals surface area contributed by atoms with Crippen LogP contribution in [0.4, 0.5) is 0 Å². The van der Waals surface area contributed by atoms with Crippen molar-refractivity contribution in [3.8, 4) is 0 Å². The summed E-state index contributed by atoms with van der Waals surface area (Å²) in [6.45, 7) is 6.72. The second-order valence-electron chi connectivity index (χ2n) is 9.45. The summed E-state index contributed by atoms with van der Waals surface area (Å²) in [6.07, 6.45) is 15.1. The van der Waals surface area contributed by atoms with Gasteiger partial charge in [-0.05, 0) is 73.9 Å². The van der Waals surface area contributed by atoms with Crippen LogP contribution in [0.15, 0.2) is 60.2 Å². The number of hydrogen-bond acceptors (Lipinski definition) is 0. The Bertz CT molecular complexity index is 987. The molecule has 0 atom stereocenters. The van der Waals surface area contributed by atoms with E-state index in [9.17, 15) is 5.53 Å². The van der Waals surface area contributed by atoms with Crippen LogP contribution in [0.2, 0.25) is 11.8 Å². The molecule has 3 heteroatoms. The summed E-state index contributed by atoms with van der Waals surface area (Å²) in [5, 5.41) is 0. The van der Waals surface area contributed by atoms with E-state index in [2.05, 4.69) is 87.2 Å². The van der Waals surface area contributed by atoms with E-state index < -0.39 is 0 Å².